The minimum atomic E-state index is -0.155. The van der Waals surface area contributed by atoms with Gasteiger partial charge in [0.05, 0.1) is 23.8 Å². The fourth-order valence-corrected chi connectivity index (χ4v) is 2.91. The minimum Gasteiger partial charge on any atom is -0.465 e. The molecule has 0 aliphatic rings. The summed E-state index contributed by atoms with van der Waals surface area (Å²) in [5.41, 5.74) is 5.30. The molecule has 1 heterocycles. The van der Waals surface area contributed by atoms with E-state index in [-0.39, 0.29) is 5.97 Å². The summed E-state index contributed by atoms with van der Waals surface area (Å²) in [7, 11) is 0. The lowest BCUT2D eigenvalue weighted by Gasteiger charge is -2.00. The zero-order chi connectivity index (χ0) is 12.5. The number of thiophene rings is 1. The van der Waals surface area contributed by atoms with Crippen molar-refractivity contribution < 1.29 is 9.53 Å². The minimum absolute atomic E-state index is 0.155. The number of nitrogens with two attached hydrogens (primary N) is 1. The first-order valence-electron chi connectivity index (χ1n) is 5.27. The van der Waals surface area contributed by atoms with E-state index in [9.17, 15) is 4.79 Å². The van der Waals surface area contributed by atoms with Crippen molar-refractivity contribution >= 4 is 29.1 Å². The van der Waals surface area contributed by atoms with E-state index in [1.54, 1.807) is 23.1 Å². The Morgan fingerprint density at radius 2 is 2.41 bits per heavy atom. The summed E-state index contributed by atoms with van der Waals surface area (Å²) in [5.74, 6) is 6.86. The Labute approximate surface area is 110 Å². The highest BCUT2D eigenvalue weighted by Crippen LogP contribution is 2.21. The molecule has 3 nitrogen and oxygen atoms in total. The Kier molecular flexibility index (Phi) is 6.78. The Bertz CT molecular complexity index is 418. The van der Waals surface area contributed by atoms with E-state index in [0.717, 1.165) is 10.6 Å². The molecule has 0 atom stereocenters. The molecule has 0 saturated heterocycles. The molecule has 1 aromatic heterocycles. The van der Waals surface area contributed by atoms with Gasteiger partial charge in [0.1, 0.15) is 0 Å². The Hall–Kier alpha value is -0.960. The van der Waals surface area contributed by atoms with Crippen molar-refractivity contribution in [2.45, 2.75) is 12.7 Å². The molecule has 5 heteroatoms. The van der Waals surface area contributed by atoms with Gasteiger partial charge in [0.25, 0.3) is 0 Å². The van der Waals surface area contributed by atoms with Crippen LogP contribution in [0.25, 0.3) is 0 Å². The molecular weight excluding hydrogens is 254 g/mol. The summed E-state index contributed by atoms with van der Waals surface area (Å²) in [4.78, 5) is 13.3. The first-order valence-corrected chi connectivity index (χ1v) is 7.24. The lowest BCUT2D eigenvalue weighted by atomic mass is 10.4. The molecule has 0 amide bonds. The van der Waals surface area contributed by atoms with Gasteiger partial charge in [-0.05, 0) is 19.1 Å². The van der Waals surface area contributed by atoms with E-state index in [4.69, 9.17) is 10.5 Å². The molecular formula is C12H15NO2S2. The van der Waals surface area contributed by atoms with Crippen molar-refractivity contribution in [3.8, 4) is 11.8 Å². The van der Waals surface area contributed by atoms with Crippen LogP contribution in [0.2, 0.25) is 0 Å². The molecule has 92 valence electrons. The first kappa shape index (κ1) is 14.1. The van der Waals surface area contributed by atoms with Crippen LogP contribution in [0.3, 0.4) is 0 Å². The van der Waals surface area contributed by atoms with Gasteiger partial charge in [-0.3, -0.25) is 4.79 Å². The molecule has 1 aromatic rings. The highest BCUT2D eigenvalue weighted by atomic mass is 32.2. The highest BCUT2D eigenvalue weighted by Gasteiger charge is 2.03. The first-order chi connectivity index (χ1) is 8.26. The second-order valence-corrected chi connectivity index (χ2v) is 5.22. The smallest absolute Gasteiger partial charge is 0.315 e. The highest BCUT2D eigenvalue weighted by molar-refractivity contribution is 7.99. The Morgan fingerprint density at radius 3 is 3.12 bits per heavy atom. The van der Waals surface area contributed by atoms with Gasteiger partial charge >= 0.3 is 5.97 Å². The van der Waals surface area contributed by atoms with Crippen molar-refractivity contribution in [1.82, 2.24) is 0 Å². The van der Waals surface area contributed by atoms with Crippen LogP contribution in [0.15, 0.2) is 12.1 Å². The normalized spacial score (nSPS) is 9.53. The van der Waals surface area contributed by atoms with Crippen LogP contribution < -0.4 is 5.73 Å². The van der Waals surface area contributed by atoms with Crippen molar-refractivity contribution in [1.29, 1.82) is 0 Å². The Morgan fingerprint density at radius 1 is 1.59 bits per heavy atom. The number of ether oxygens (including phenoxy) is 1. The molecule has 2 N–H and O–H groups in total. The maximum absolute atomic E-state index is 11.1. The number of carbonyl (C=O) groups is 1. The second kappa shape index (κ2) is 8.18. The molecule has 0 aliphatic carbocycles. The van der Waals surface area contributed by atoms with E-state index >= 15 is 0 Å². The molecule has 0 saturated carbocycles. The number of esters is 1. The fraction of sp³-hybridized carbons (Fsp3) is 0.417. The fourth-order valence-electron chi connectivity index (χ4n) is 1.10. The monoisotopic (exact) mass is 269 g/mol. The standard InChI is InChI=1S/C12H15NO2S2/c1-2-15-12(14)9-16-8-11-6-5-10(17-11)4-3-7-13/h5-6H,2,7-9,13H2,1H3. The molecule has 1 rings (SSSR count). The van der Waals surface area contributed by atoms with Crippen LogP contribution in [0, 0.1) is 11.8 Å². The number of hydrogen-bond acceptors (Lipinski definition) is 5. The Balaban J connectivity index is 2.32. The quantitative estimate of drug-likeness (QED) is 0.655. The average Bonchev–Trinajstić information content (AvgIpc) is 2.75. The van der Waals surface area contributed by atoms with Gasteiger partial charge in [-0.1, -0.05) is 11.8 Å². The van der Waals surface area contributed by atoms with Crippen LogP contribution in [0.5, 0.6) is 0 Å². The van der Waals surface area contributed by atoms with Crippen molar-refractivity contribution in [2.24, 2.45) is 5.73 Å². The largest absolute Gasteiger partial charge is 0.465 e. The summed E-state index contributed by atoms with van der Waals surface area (Å²) in [5, 5.41) is 0. The van der Waals surface area contributed by atoms with E-state index < -0.39 is 0 Å². The van der Waals surface area contributed by atoms with Gasteiger partial charge < -0.3 is 10.5 Å². The molecule has 0 unspecified atom stereocenters. The molecule has 0 fully saturated rings. The van der Waals surface area contributed by atoms with Crippen LogP contribution in [0.1, 0.15) is 16.7 Å². The van der Waals surface area contributed by atoms with E-state index in [2.05, 4.69) is 11.8 Å². The van der Waals surface area contributed by atoms with Gasteiger partial charge in [-0.25, -0.2) is 0 Å². The maximum Gasteiger partial charge on any atom is 0.315 e. The zero-order valence-corrected chi connectivity index (χ0v) is 11.3. The predicted octanol–water partition coefficient (Wildman–Crippen LogP) is 1.85. The third kappa shape index (κ3) is 5.78. The maximum atomic E-state index is 11.1. The van der Waals surface area contributed by atoms with E-state index in [1.807, 2.05) is 19.1 Å². The molecule has 0 radical (unpaired) electrons. The summed E-state index contributed by atoms with van der Waals surface area (Å²) < 4.78 is 4.85. The molecule has 0 aromatic carbocycles. The zero-order valence-electron chi connectivity index (χ0n) is 9.69. The topological polar surface area (TPSA) is 52.3 Å². The molecule has 0 bridgehead atoms. The predicted molar refractivity (Wildman–Crippen MR) is 73.0 cm³/mol. The lowest BCUT2D eigenvalue weighted by molar-refractivity contribution is -0.139. The van der Waals surface area contributed by atoms with Crippen molar-refractivity contribution in [3.63, 3.8) is 0 Å². The number of thioether (sulfide) groups is 1. The summed E-state index contributed by atoms with van der Waals surface area (Å²) >= 11 is 3.19. The SMILES string of the molecule is CCOC(=O)CSCc1ccc(C#CCN)s1. The molecule has 17 heavy (non-hydrogen) atoms. The van der Waals surface area contributed by atoms with Crippen LogP contribution in [-0.2, 0) is 15.3 Å². The average molecular weight is 269 g/mol. The lowest BCUT2D eigenvalue weighted by Crippen LogP contribution is -2.06. The van der Waals surface area contributed by atoms with Crippen LogP contribution in [-0.4, -0.2) is 24.9 Å². The van der Waals surface area contributed by atoms with E-state index in [1.165, 1.54) is 4.88 Å². The third-order valence-electron chi connectivity index (χ3n) is 1.74. The molecule has 0 aliphatic heterocycles. The molecule has 0 spiro atoms. The van der Waals surface area contributed by atoms with Gasteiger partial charge in [0.2, 0.25) is 0 Å². The third-order valence-corrected chi connectivity index (χ3v) is 3.88. The van der Waals surface area contributed by atoms with E-state index in [0.29, 0.717) is 18.9 Å². The van der Waals surface area contributed by atoms with Gasteiger partial charge in [-0.2, -0.15) is 0 Å². The number of rotatable bonds is 5. The van der Waals surface area contributed by atoms with Crippen molar-refractivity contribution in [3.05, 3.63) is 21.9 Å². The van der Waals surface area contributed by atoms with Gasteiger partial charge in [0.15, 0.2) is 0 Å². The van der Waals surface area contributed by atoms with Gasteiger partial charge in [-0.15, -0.1) is 23.1 Å². The van der Waals surface area contributed by atoms with Gasteiger partial charge in [0, 0.05) is 10.6 Å². The van der Waals surface area contributed by atoms with Crippen molar-refractivity contribution in [2.75, 3.05) is 18.9 Å². The summed E-state index contributed by atoms with van der Waals surface area (Å²) in [6, 6.07) is 4.01. The number of hydrogen-bond donors (Lipinski definition) is 1. The second-order valence-electron chi connectivity index (χ2n) is 3.07. The van der Waals surface area contributed by atoms with Crippen LogP contribution in [0.4, 0.5) is 0 Å². The summed E-state index contributed by atoms with van der Waals surface area (Å²) in [6.45, 7) is 2.63. The number of carbonyl (C=O) groups excluding carboxylic acids is 1. The van der Waals surface area contributed by atoms with Crippen LogP contribution >= 0.6 is 23.1 Å². The summed E-state index contributed by atoms with van der Waals surface area (Å²) in [6.07, 6.45) is 0.